The molecule has 0 spiro atoms. The Hall–Kier alpha value is -2.89. The average Bonchev–Trinajstić information content (AvgIpc) is 2.66. The minimum Gasteiger partial charge on any atom is -0.497 e. The minimum atomic E-state index is -0.257. The molecule has 0 radical (unpaired) electrons. The van der Waals surface area contributed by atoms with E-state index < -0.39 is 0 Å². The molecule has 2 aliphatic heterocycles. The molecule has 0 bridgehead atoms. The molecule has 0 saturated carbocycles. The summed E-state index contributed by atoms with van der Waals surface area (Å²) in [7, 11) is 1.60. The van der Waals surface area contributed by atoms with Crippen LogP contribution in [-0.4, -0.2) is 31.2 Å². The SMILES string of the molecule is COc1ccc2c(c1)/C(=N\O)C[C@H](c1ccc3c(c1)OCCO3)O2. The lowest BCUT2D eigenvalue weighted by molar-refractivity contribution is 0.169. The van der Waals surface area contributed by atoms with Crippen molar-refractivity contribution in [1.82, 2.24) is 0 Å². The number of hydrogen-bond acceptors (Lipinski definition) is 6. The van der Waals surface area contributed by atoms with E-state index >= 15 is 0 Å². The van der Waals surface area contributed by atoms with Crippen LogP contribution < -0.4 is 18.9 Å². The second-order valence-corrected chi connectivity index (χ2v) is 5.62. The van der Waals surface area contributed by atoms with Gasteiger partial charge >= 0.3 is 0 Å². The van der Waals surface area contributed by atoms with Crippen molar-refractivity contribution in [2.45, 2.75) is 12.5 Å². The van der Waals surface area contributed by atoms with E-state index in [1.165, 1.54) is 0 Å². The molecule has 1 N–H and O–H groups in total. The van der Waals surface area contributed by atoms with Crippen LogP contribution in [0, 0.1) is 0 Å². The van der Waals surface area contributed by atoms with Crippen LogP contribution >= 0.6 is 0 Å². The van der Waals surface area contributed by atoms with Crippen molar-refractivity contribution in [3.05, 3.63) is 47.5 Å². The zero-order chi connectivity index (χ0) is 16.5. The van der Waals surface area contributed by atoms with Crippen LogP contribution in [0.4, 0.5) is 0 Å². The summed E-state index contributed by atoms with van der Waals surface area (Å²) in [4.78, 5) is 0. The Bertz CT molecular complexity index is 802. The predicted octanol–water partition coefficient (Wildman–Crippen LogP) is 3.17. The van der Waals surface area contributed by atoms with Crippen LogP contribution in [0.1, 0.15) is 23.7 Å². The zero-order valence-electron chi connectivity index (χ0n) is 13.2. The molecule has 2 aromatic rings. The summed E-state index contributed by atoms with van der Waals surface area (Å²) in [6.45, 7) is 1.09. The van der Waals surface area contributed by atoms with Crippen molar-refractivity contribution >= 4 is 5.71 Å². The molecule has 1 atom stereocenters. The summed E-state index contributed by atoms with van der Waals surface area (Å²) in [6.07, 6.45) is 0.198. The molecule has 0 saturated heterocycles. The quantitative estimate of drug-likeness (QED) is 0.678. The Balaban J connectivity index is 1.68. The topological polar surface area (TPSA) is 69.5 Å². The van der Waals surface area contributed by atoms with Crippen molar-refractivity contribution in [1.29, 1.82) is 0 Å². The van der Waals surface area contributed by atoms with Gasteiger partial charge in [0.1, 0.15) is 30.8 Å². The molecule has 4 rings (SSSR count). The lowest BCUT2D eigenvalue weighted by Gasteiger charge is -2.28. The van der Waals surface area contributed by atoms with E-state index in [9.17, 15) is 5.21 Å². The normalized spacial score (nSPS) is 20.2. The maximum atomic E-state index is 9.41. The third-order valence-electron chi connectivity index (χ3n) is 4.20. The number of hydrogen-bond donors (Lipinski definition) is 1. The second-order valence-electron chi connectivity index (χ2n) is 5.62. The van der Waals surface area contributed by atoms with Crippen LogP contribution in [0.5, 0.6) is 23.0 Å². The highest BCUT2D eigenvalue weighted by atomic mass is 16.6. The summed E-state index contributed by atoms with van der Waals surface area (Å²) >= 11 is 0. The lowest BCUT2D eigenvalue weighted by Crippen LogP contribution is -2.22. The van der Waals surface area contributed by atoms with Crippen molar-refractivity contribution in [3.8, 4) is 23.0 Å². The molecule has 0 aromatic heterocycles. The monoisotopic (exact) mass is 327 g/mol. The molecule has 6 nitrogen and oxygen atoms in total. The van der Waals surface area contributed by atoms with Gasteiger partial charge in [0, 0.05) is 12.0 Å². The maximum Gasteiger partial charge on any atom is 0.161 e. The molecule has 6 heteroatoms. The molecule has 2 aliphatic rings. The first-order valence-corrected chi connectivity index (χ1v) is 7.74. The lowest BCUT2D eigenvalue weighted by atomic mass is 9.95. The molecule has 0 amide bonds. The van der Waals surface area contributed by atoms with E-state index in [2.05, 4.69) is 5.16 Å². The number of rotatable bonds is 2. The smallest absolute Gasteiger partial charge is 0.161 e. The van der Waals surface area contributed by atoms with Crippen molar-refractivity contribution in [2.24, 2.45) is 5.16 Å². The van der Waals surface area contributed by atoms with Crippen LogP contribution in [0.3, 0.4) is 0 Å². The number of oxime groups is 1. The summed E-state index contributed by atoms with van der Waals surface area (Å²) < 4.78 is 22.5. The maximum absolute atomic E-state index is 9.41. The standard InChI is InChI=1S/C18H17NO5/c1-21-12-3-5-15-13(9-12)14(19-20)10-17(24-15)11-2-4-16-18(8-11)23-7-6-22-16/h2-5,8-9,17,20H,6-7,10H2,1H3/b19-14-/t17-/m1/s1. The van der Waals surface area contributed by atoms with Crippen molar-refractivity contribution < 1.29 is 24.2 Å². The van der Waals surface area contributed by atoms with Crippen molar-refractivity contribution in [3.63, 3.8) is 0 Å². The number of fused-ring (bicyclic) bond motifs is 2. The van der Waals surface area contributed by atoms with Crippen LogP contribution in [0.25, 0.3) is 0 Å². The highest BCUT2D eigenvalue weighted by molar-refractivity contribution is 6.04. The number of benzene rings is 2. The molecule has 0 unspecified atom stereocenters. The van der Waals surface area contributed by atoms with Gasteiger partial charge in [-0.3, -0.25) is 0 Å². The average molecular weight is 327 g/mol. The summed E-state index contributed by atoms with van der Waals surface area (Å²) in [6, 6.07) is 11.2. The fraction of sp³-hybridized carbons (Fsp3) is 0.278. The van der Waals surface area contributed by atoms with Gasteiger partial charge in [-0.25, -0.2) is 0 Å². The number of ether oxygens (including phenoxy) is 4. The third-order valence-corrected chi connectivity index (χ3v) is 4.20. The fourth-order valence-electron chi connectivity index (χ4n) is 2.99. The minimum absolute atomic E-state index is 0.257. The summed E-state index contributed by atoms with van der Waals surface area (Å²) in [5, 5.41) is 12.9. The van der Waals surface area contributed by atoms with Gasteiger partial charge < -0.3 is 24.2 Å². The third kappa shape index (κ3) is 2.50. The van der Waals surface area contributed by atoms with Gasteiger partial charge in [-0.05, 0) is 35.9 Å². The first-order chi connectivity index (χ1) is 11.8. The highest BCUT2D eigenvalue weighted by Gasteiger charge is 2.28. The van der Waals surface area contributed by atoms with Crippen LogP contribution in [-0.2, 0) is 0 Å². The Labute approximate surface area is 139 Å². The van der Waals surface area contributed by atoms with Gasteiger partial charge in [-0.1, -0.05) is 11.2 Å². The van der Waals surface area contributed by atoms with Gasteiger partial charge in [-0.2, -0.15) is 0 Å². The predicted molar refractivity (Wildman–Crippen MR) is 86.7 cm³/mol. The van der Waals surface area contributed by atoms with E-state index in [-0.39, 0.29) is 6.10 Å². The molecule has 2 aromatic carbocycles. The zero-order valence-corrected chi connectivity index (χ0v) is 13.2. The molecule has 2 heterocycles. The molecule has 0 fully saturated rings. The Kier molecular flexibility index (Phi) is 3.65. The Morgan fingerprint density at radius 3 is 2.62 bits per heavy atom. The first kappa shape index (κ1) is 14.7. The molecule has 0 aliphatic carbocycles. The van der Waals surface area contributed by atoms with E-state index in [1.807, 2.05) is 36.4 Å². The Morgan fingerprint density at radius 2 is 1.83 bits per heavy atom. The van der Waals surface area contributed by atoms with Crippen LogP contribution in [0.2, 0.25) is 0 Å². The van der Waals surface area contributed by atoms with Crippen molar-refractivity contribution in [2.75, 3.05) is 20.3 Å². The number of nitrogens with zero attached hydrogens (tertiary/aromatic N) is 1. The highest BCUT2D eigenvalue weighted by Crippen LogP contribution is 2.40. The molecule has 24 heavy (non-hydrogen) atoms. The fourth-order valence-corrected chi connectivity index (χ4v) is 2.99. The Morgan fingerprint density at radius 1 is 1.04 bits per heavy atom. The van der Waals surface area contributed by atoms with E-state index in [0.717, 1.165) is 16.9 Å². The summed E-state index contributed by atoms with van der Waals surface area (Å²) in [5.41, 5.74) is 2.25. The van der Waals surface area contributed by atoms with Gasteiger partial charge in [0.05, 0.1) is 12.8 Å². The van der Waals surface area contributed by atoms with Gasteiger partial charge in [-0.15, -0.1) is 0 Å². The number of methoxy groups -OCH3 is 1. The van der Waals surface area contributed by atoms with Crippen LogP contribution in [0.15, 0.2) is 41.6 Å². The second kappa shape index (κ2) is 5.96. The molecular weight excluding hydrogens is 310 g/mol. The first-order valence-electron chi connectivity index (χ1n) is 7.74. The van der Waals surface area contributed by atoms with Gasteiger partial charge in [0.2, 0.25) is 0 Å². The molecular formula is C18H17NO5. The largest absolute Gasteiger partial charge is 0.497 e. The molecule has 124 valence electrons. The van der Waals surface area contributed by atoms with Gasteiger partial charge in [0.25, 0.3) is 0 Å². The van der Waals surface area contributed by atoms with E-state index in [0.29, 0.717) is 42.6 Å². The van der Waals surface area contributed by atoms with E-state index in [1.54, 1.807) is 7.11 Å². The van der Waals surface area contributed by atoms with Gasteiger partial charge in [0.15, 0.2) is 11.5 Å². The summed E-state index contributed by atoms with van der Waals surface area (Å²) in [5.74, 6) is 2.80. The van der Waals surface area contributed by atoms with E-state index in [4.69, 9.17) is 18.9 Å².